The quantitative estimate of drug-likeness (QED) is 0.218. The van der Waals surface area contributed by atoms with Gasteiger partial charge in [0.2, 0.25) is 0 Å². The van der Waals surface area contributed by atoms with E-state index in [1.54, 1.807) is 24.3 Å². The Balaban J connectivity index is 2.18. The van der Waals surface area contributed by atoms with E-state index in [9.17, 15) is 15.3 Å². The van der Waals surface area contributed by atoms with Crippen LogP contribution >= 0.6 is 23.5 Å². The lowest BCUT2D eigenvalue weighted by Gasteiger charge is -2.21. The maximum absolute atomic E-state index is 11.0. The molecule has 0 saturated heterocycles. The highest BCUT2D eigenvalue weighted by Crippen LogP contribution is 2.52. The first-order valence-electron chi connectivity index (χ1n) is 10.1. The number of aromatic hydroxyl groups is 3. The van der Waals surface area contributed by atoms with Crippen LogP contribution in [0.4, 0.5) is 0 Å². The van der Waals surface area contributed by atoms with Crippen molar-refractivity contribution in [2.45, 2.75) is 38.8 Å². The molecule has 0 atom stereocenters. The predicted octanol–water partition coefficient (Wildman–Crippen LogP) is 7.29. The van der Waals surface area contributed by atoms with E-state index in [2.05, 4.69) is 19.7 Å². The van der Waals surface area contributed by atoms with Gasteiger partial charge >= 0.3 is 0 Å². The summed E-state index contributed by atoms with van der Waals surface area (Å²) >= 11 is 2.63. The molecule has 0 heterocycles. The third-order valence-electron chi connectivity index (χ3n) is 4.84. The minimum absolute atomic E-state index is 0.110. The zero-order valence-corrected chi connectivity index (χ0v) is 19.4. The van der Waals surface area contributed by atoms with Crippen LogP contribution in [0.5, 0.6) is 17.2 Å². The third-order valence-corrected chi connectivity index (χ3v) is 7.19. The van der Waals surface area contributed by atoms with Crippen LogP contribution in [0.15, 0.2) is 106 Å². The molecule has 32 heavy (non-hydrogen) atoms. The molecule has 0 spiro atoms. The van der Waals surface area contributed by atoms with E-state index < -0.39 is 0 Å². The first-order valence-corrected chi connectivity index (χ1v) is 11.8. The molecule has 0 fully saturated rings. The molecule has 0 aliphatic heterocycles. The van der Waals surface area contributed by atoms with Gasteiger partial charge in [0.1, 0.15) is 5.75 Å². The monoisotopic (exact) mass is 462 g/mol. The van der Waals surface area contributed by atoms with Crippen molar-refractivity contribution < 1.29 is 15.3 Å². The summed E-state index contributed by atoms with van der Waals surface area (Å²) in [5.41, 5.74) is 2.73. The fourth-order valence-electron chi connectivity index (χ4n) is 3.37. The number of allylic oxidation sites excluding steroid dienone is 3. The van der Waals surface area contributed by atoms with E-state index >= 15 is 0 Å². The Hall–Kier alpha value is -3.02. The maximum atomic E-state index is 11.0. The second kappa shape index (κ2) is 11.0. The lowest BCUT2D eigenvalue weighted by Crippen LogP contribution is -2.00. The fraction of sp³-hybridized carbons (Fsp3) is 0.111. The zero-order valence-electron chi connectivity index (χ0n) is 17.8. The molecule has 0 aliphatic rings. The van der Waals surface area contributed by atoms with Crippen molar-refractivity contribution in [3.05, 3.63) is 103 Å². The van der Waals surface area contributed by atoms with Gasteiger partial charge in [0, 0.05) is 4.90 Å². The van der Waals surface area contributed by atoms with E-state index in [1.165, 1.54) is 23.5 Å². The standard InChI is InChI=1S/C27H26O3S2/c1-4-10-18-15-16-22(28)23(17-18)32-27-21(12-6-3)20(11-5-2)26(24(29)25(27)30)31-19-13-8-7-9-14-19/h4-9,13-17,28-30H,1-3,10-12H2. The van der Waals surface area contributed by atoms with Gasteiger partial charge in [-0.2, -0.15) is 0 Å². The number of rotatable bonds is 10. The topological polar surface area (TPSA) is 60.7 Å². The van der Waals surface area contributed by atoms with E-state index in [-0.39, 0.29) is 17.2 Å². The molecule has 3 aromatic carbocycles. The lowest BCUT2D eigenvalue weighted by molar-refractivity contribution is 0.384. The summed E-state index contributed by atoms with van der Waals surface area (Å²) < 4.78 is 0. The summed E-state index contributed by atoms with van der Waals surface area (Å²) in [6, 6.07) is 15.1. The van der Waals surface area contributed by atoms with Gasteiger partial charge in [-0.25, -0.2) is 0 Å². The Morgan fingerprint density at radius 1 is 0.688 bits per heavy atom. The van der Waals surface area contributed by atoms with E-state index in [0.717, 1.165) is 21.6 Å². The average Bonchev–Trinajstić information content (AvgIpc) is 2.80. The van der Waals surface area contributed by atoms with E-state index in [0.29, 0.717) is 33.9 Å². The van der Waals surface area contributed by atoms with E-state index in [4.69, 9.17) is 0 Å². The summed E-state index contributed by atoms with van der Waals surface area (Å²) in [4.78, 5) is 2.65. The van der Waals surface area contributed by atoms with Crippen molar-refractivity contribution in [2.75, 3.05) is 0 Å². The highest BCUT2D eigenvalue weighted by atomic mass is 32.2. The van der Waals surface area contributed by atoms with Crippen LogP contribution in [0.3, 0.4) is 0 Å². The minimum atomic E-state index is -0.202. The van der Waals surface area contributed by atoms with Gasteiger partial charge in [-0.1, -0.05) is 66.0 Å². The van der Waals surface area contributed by atoms with Crippen LogP contribution < -0.4 is 0 Å². The molecule has 3 nitrogen and oxygen atoms in total. The van der Waals surface area contributed by atoms with Crippen molar-refractivity contribution >= 4 is 23.5 Å². The molecule has 3 N–H and O–H groups in total. The highest BCUT2D eigenvalue weighted by Gasteiger charge is 2.24. The number of benzene rings is 3. The summed E-state index contributed by atoms with van der Waals surface area (Å²) in [6.45, 7) is 11.5. The van der Waals surface area contributed by atoms with Crippen LogP contribution in [0.2, 0.25) is 0 Å². The second-order valence-corrected chi connectivity index (χ2v) is 9.25. The summed E-state index contributed by atoms with van der Waals surface area (Å²) in [7, 11) is 0. The van der Waals surface area contributed by atoms with E-state index in [1.807, 2.05) is 42.5 Å². The molecule has 0 unspecified atom stereocenters. The van der Waals surface area contributed by atoms with Crippen LogP contribution in [-0.4, -0.2) is 15.3 Å². The Morgan fingerprint density at radius 2 is 1.25 bits per heavy atom. The smallest absolute Gasteiger partial charge is 0.173 e. The van der Waals surface area contributed by atoms with Crippen LogP contribution in [-0.2, 0) is 19.3 Å². The van der Waals surface area contributed by atoms with Crippen molar-refractivity contribution in [1.82, 2.24) is 0 Å². The summed E-state index contributed by atoms with van der Waals surface area (Å²) in [5.74, 6) is -0.265. The van der Waals surface area contributed by atoms with Crippen molar-refractivity contribution in [2.24, 2.45) is 0 Å². The Bertz CT molecular complexity index is 1140. The van der Waals surface area contributed by atoms with Gasteiger partial charge in [0.15, 0.2) is 11.5 Å². The van der Waals surface area contributed by atoms with Gasteiger partial charge < -0.3 is 15.3 Å². The van der Waals surface area contributed by atoms with Crippen LogP contribution in [0.1, 0.15) is 16.7 Å². The molecule has 5 heteroatoms. The molecule has 0 aromatic heterocycles. The summed E-state index contributed by atoms with van der Waals surface area (Å²) in [5, 5.41) is 32.5. The van der Waals surface area contributed by atoms with Gasteiger partial charge in [-0.3, -0.25) is 0 Å². The molecule has 3 rings (SSSR count). The zero-order chi connectivity index (χ0) is 23.1. The second-order valence-electron chi connectivity index (χ2n) is 7.11. The molecule has 0 amide bonds. The fourth-order valence-corrected chi connectivity index (χ4v) is 5.54. The first kappa shape index (κ1) is 23.6. The lowest BCUT2D eigenvalue weighted by atomic mass is 10.00. The molecular weight excluding hydrogens is 436 g/mol. The number of phenolic OH excluding ortho intramolecular Hbond substituents is 3. The van der Waals surface area contributed by atoms with Gasteiger partial charge in [-0.15, -0.1) is 19.7 Å². The third kappa shape index (κ3) is 5.23. The molecule has 164 valence electrons. The molecular formula is C27H26O3S2. The van der Waals surface area contributed by atoms with Crippen molar-refractivity contribution in [1.29, 1.82) is 0 Å². The SMILES string of the molecule is C=CCc1ccc(O)c(Sc2c(O)c(O)c(Sc3ccccc3)c(CC=C)c2CC=C)c1. The van der Waals surface area contributed by atoms with Gasteiger partial charge in [0.25, 0.3) is 0 Å². The molecule has 0 aliphatic carbocycles. The summed E-state index contributed by atoms with van der Waals surface area (Å²) in [6.07, 6.45) is 7.03. The Kier molecular flexibility index (Phi) is 8.14. The highest BCUT2D eigenvalue weighted by molar-refractivity contribution is 8.00. The van der Waals surface area contributed by atoms with Gasteiger partial charge in [-0.05, 0) is 60.2 Å². The normalized spacial score (nSPS) is 10.6. The van der Waals surface area contributed by atoms with Crippen LogP contribution in [0.25, 0.3) is 0 Å². The molecule has 0 radical (unpaired) electrons. The van der Waals surface area contributed by atoms with Crippen LogP contribution in [0, 0.1) is 0 Å². The molecule has 0 bridgehead atoms. The minimum Gasteiger partial charge on any atom is -0.507 e. The number of hydrogen-bond acceptors (Lipinski definition) is 5. The molecule has 0 saturated carbocycles. The van der Waals surface area contributed by atoms with Crippen molar-refractivity contribution in [3.63, 3.8) is 0 Å². The Labute approximate surface area is 197 Å². The Morgan fingerprint density at radius 3 is 1.81 bits per heavy atom. The predicted molar refractivity (Wildman–Crippen MR) is 134 cm³/mol. The van der Waals surface area contributed by atoms with Gasteiger partial charge in [0.05, 0.1) is 14.7 Å². The van der Waals surface area contributed by atoms with Crippen molar-refractivity contribution in [3.8, 4) is 17.2 Å². The number of phenols is 3. The number of hydrogen-bond donors (Lipinski definition) is 3. The average molecular weight is 463 g/mol. The maximum Gasteiger partial charge on any atom is 0.173 e. The first-order chi connectivity index (χ1) is 15.5. The molecule has 3 aromatic rings. The largest absolute Gasteiger partial charge is 0.507 e.